The maximum absolute atomic E-state index is 13.2. The molecule has 12 nitrogen and oxygen atoms in total. The van der Waals surface area contributed by atoms with Gasteiger partial charge < -0.3 is 24.8 Å². The number of ether oxygens (including phenoxy) is 1. The van der Waals surface area contributed by atoms with Gasteiger partial charge in [-0.05, 0) is 12.0 Å². The largest absolute Gasteiger partial charge is 0.378 e. The topological polar surface area (TPSA) is 161 Å². The predicted molar refractivity (Wildman–Crippen MR) is 129 cm³/mol. The molecule has 1 fully saturated rings. The number of aryl methyl sites for hydroxylation is 1. The van der Waals surface area contributed by atoms with Gasteiger partial charge in [-0.25, -0.2) is 13.2 Å². The third-order valence-electron chi connectivity index (χ3n) is 5.60. The van der Waals surface area contributed by atoms with E-state index in [0.717, 1.165) is 0 Å². The normalized spacial score (nSPS) is 15.7. The molecule has 1 aliphatic heterocycles. The van der Waals surface area contributed by atoms with E-state index in [1.807, 2.05) is 0 Å². The third-order valence-corrected chi connectivity index (χ3v) is 7.21. The minimum absolute atomic E-state index is 0.190. The summed E-state index contributed by atoms with van der Waals surface area (Å²) < 4.78 is 36.1. The van der Waals surface area contributed by atoms with E-state index >= 15 is 0 Å². The fraction of sp³-hybridized carbons (Fsp3) is 0.522. The molecule has 196 valence electrons. The van der Waals surface area contributed by atoms with E-state index in [1.165, 1.54) is 4.90 Å². The van der Waals surface area contributed by atoms with E-state index in [2.05, 4.69) is 20.8 Å². The van der Waals surface area contributed by atoms with E-state index in [4.69, 9.17) is 9.26 Å². The van der Waals surface area contributed by atoms with Crippen molar-refractivity contribution in [2.45, 2.75) is 44.5 Å². The number of sulfone groups is 1. The Kier molecular flexibility index (Phi) is 9.53. The summed E-state index contributed by atoms with van der Waals surface area (Å²) in [7, 11) is -3.81. The number of carbonyl (C=O) groups is 3. The standard InChI is InChI=1S/C23H31N5O7S/c1-3-17(20(29)22-26-19(4-2)27-35-22)24-21(30)18(25-23(31)28-10-12-34-13-11-28)15-36(32,33)14-16-8-6-5-7-9-16/h5-9,17-18H,3-4,10-15H2,1-2H3,(H,24,30)(H,25,31). The molecule has 0 spiro atoms. The Morgan fingerprint density at radius 1 is 1.06 bits per heavy atom. The van der Waals surface area contributed by atoms with Crippen LogP contribution in [0.1, 0.15) is 42.3 Å². The van der Waals surface area contributed by atoms with E-state index in [1.54, 1.807) is 44.2 Å². The van der Waals surface area contributed by atoms with Gasteiger partial charge in [0.1, 0.15) is 6.04 Å². The van der Waals surface area contributed by atoms with Gasteiger partial charge in [-0.3, -0.25) is 9.59 Å². The molecule has 1 aromatic carbocycles. The second kappa shape index (κ2) is 12.6. The van der Waals surface area contributed by atoms with Crippen molar-refractivity contribution in [3.05, 3.63) is 47.6 Å². The second-order valence-corrected chi connectivity index (χ2v) is 10.5. The summed E-state index contributed by atoms with van der Waals surface area (Å²) in [5.41, 5.74) is 0.556. The van der Waals surface area contributed by atoms with Crippen LogP contribution in [0, 0.1) is 0 Å². The number of carbonyl (C=O) groups excluding carboxylic acids is 3. The van der Waals surface area contributed by atoms with Crippen LogP contribution in [-0.4, -0.2) is 85.3 Å². The molecule has 1 aliphatic rings. The zero-order valence-electron chi connectivity index (χ0n) is 20.3. The molecule has 0 saturated carbocycles. The van der Waals surface area contributed by atoms with Crippen LogP contribution in [0.5, 0.6) is 0 Å². The van der Waals surface area contributed by atoms with Crippen LogP contribution in [0.2, 0.25) is 0 Å². The highest BCUT2D eigenvalue weighted by Gasteiger charge is 2.33. The van der Waals surface area contributed by atoms with E-state index in [9.17, 15) is 22.8 Å². The van der Waals surface area contributed by atoms with Crippen LogP contribution in [-0.2, 0) is 31.5 Å². The minimum atomic E-state index is -3.81. The summed E-state index contributed by atoms with van der Waals surface area (Å²) in [6, 6.07) is 5.48. The highest BCUT2D eigenvalue weighted by atomic mass is 32.2. The average molecular weight is 522 g/mol. The van der Waals surface area contributed by atoms with Gasteiger partial charge in [-0.1, -0.05) is 49.3 Å². The second-order valence-electron chi connectivity index (χ2n) is 8.34. The molecule has 2 atom stereocenters. The number of amides is 3. The van der Waals surface area contributed by atoms with E-state index in [0.29, 0.717) is 44.1 Å². The van der Waals surface area contributed by atoms with Gasteiger partial charge in [0.25, 0.3) is 5.89 Å². The molecule has 3 rings (SSSR count). The summed E-state index contributed by atoms with van der Waals surface area (Å²) in [5, 5.41) is 8.77. The van der Waals surface area contributed by atoms with Gasteiger partial charge in [0.15, 0.2) is 15.7 Å². The van der Waals surface area contributed by atoms with Crippen molar-refractivity contribution in [1.29, 1.82) is 0 Å². The van der Waals surface area contributed by atoms with Crippen LogP contribution >= 0.6 is 0 Å². The smallest absolute Gasteiger partial charge is 0.318 e. The van der Waals surface area contributed by atoms with Gasteiger partial charge in [-0.15, -0.1) is 0 Å². The van der Waals surface area contributed by atoms with Crippen molar-refractivity contribution in [1.82, 2.24) is 25.7 Å². The molecule has 1 aromatic heterocycles. The van der Waals surface area contributed by atoms with Crippen LogP contribution in [0.15, 0.2) is 34.9 Å². The Bertz CT molecular complexity index is 1150. The Labute approximate surface area is 209 Å². The van der Waals surface area contributed by atoms with Crippen molar-refractivity contribution < 1.29 is 32.1 Å². The first-order chi connectivity index (χ1) is 17.2. The van der Waals surface area contributed by atoms with Gasteiger partial charge in [0, 0.05) is 19.5 Å². The van der Waals surface area contributed by atoms with Gasteiger partial charge in [0.05, 0.1) is 30.8 Å². The van der Waals surface area contributed by atoms with Gasteiger partial charge in [0.2, 0.25) is 11.7 Å². The fourth-order valence-electron chi connectivity index (χ4n) is 3.60. The quantitative estimate of drug-likeness (QED) is 0.406. The molecule has 2 N–H and O–H groups in total. The molecule has 0 bridgehead atoms. The maximum atomic E-state index is 13.2. The summed E-state index contributed by atoms with van der Waals surface area (Å²) in [6.45, 7) is 4.77. The Morgan fingerprint density at radius 2 is 1.75 bits per heavy atom. The molecule has 36 heavy (non-hydrogen) atoms. The molecule has 0 radical (unpaired) electrons. The van der Waals surface area contributed by atoms with Crippen molar-refractivity contribution >= 4 is 27.6 Å². The SMILES string of the molecule is CCc1noc(C(=O)C(CC)NC(=O)C(CS(=O)(=O)Cc2ccccc2)NC(=O)N2CCOCC2)n1. The van der Waals surface area contributed by atoms with Crippen LogP contribution < -0.4 is 10.6 Å². The van der Waals surface area contributed by atoms with Crippen molar-refractivity contribution in [3.63, 3.8) is 0 Å². The number of hydrogen-bond acceptors (Lipinski definition) is 9. The maximum Gasteiger partial charge on any atom is 0.318 e. The number of benzene rings is 1. The zero-order valence-corrected chi connectivity index (χ0v) is 21.1. The van der Waals surface area contributed by atoms with Crippen molar-refractivity contribution in [2.24, 2.45) is 0 Å². The van der Waals surface area contributed by atoms with Crippen LogP contribution in [0.4, 0.5) is 4.79 Å². The van der Waals surface area contributed by atoms with Crippen LogP contribution in [0.25, 0.3) is 0 Å². The number of morpholine rings is 1. The molecule has 2 unspecified atom stereocenters. The number of Topliss-reactive ketones (excluding diaryl/α,β-unsaturated/α-hetero) is 1. The zero-order chi connectivity index (χ0) is 26.1. The number of nitrogens with one attached hydrogen (secondary N) is 2. The predicted octanol–water partition coefficient (Wildman–Crippen LogP) is 0.735. The Balaban J connectivity index is 1.76. The summed E-state index contributed by atoms with van der Waals surface area (Å²) in [6.07, 6.45) is 0.657. The Morgan fingerprint density at radius 3 is 2.36 bits per heavy atom. The fourth-order valence-corrected chi connectivity index (χ4v) is 5.16. The van der Waals surface area contributed by atoms with E-state index in [-0.39, 0.29) is 18.1 Å². The molecule has 1 saturated heterocycles. The molecule has 13 heteroatoms. The molecular weight excluding hydrogens is 490 g/mol. The summed E-state index contributed by atoms with van der Waals surface area (Å²) in [5.74, 6) is -2.24. The van der Waals surface area contributed by atoms with E-state index < -0.39 is 45.4 Å². The highest BCUT2D eigenvalue weighted by molar-refractivity contribution is 7.90. The van der Waals surface area contributed by atoms with Crippen LogP contribution in [0.3, 0.4) is 0 Å². The number of rotatable bonds is 11. The average Bonchev–Trinajstić information content (AvgIpc) is 3.36. The lowest BCUT2D eigenvalue weighted by Crippen LogP contribution is -2.57. The van der Waals surface area contributed by atoms with Gasteiger partial charge in [-0.2, -0.15) is 4.98 Å². The summed E-state index contributed by atoms with van der Waals surface area (Å²) >= 11 is 0. The van der Waals surface area contributed by atoms with Crippen molar-refractivity contribution in [3.8, 4) is 0 Å². The number of ketones is 1. The molecule has 0 aliphatic carbocycles. The summed E-state index contributed by atoms with van der Waals surface area (Å²) in [4.78, 5) is 44.3. The number of nitrogens with zero attached hydrogens (tertiary/aromatic N) is 3. The van der Waals surface area contributed by atoms with Crippen molar-refractivity contribution in [2.75, 3.05) is 32.1 Å². The molecule has 2 heterocycles. The molecular formula is C23H31N5O7S. The highest BCUT2D eigenvalue weighted by Crippen LogP contribution is 2.10. The first-order valence-corrected chi connectivity index (χ1v) is 13.6. The number of hydrogen-bond donors (Lipinski definition) is 2. The first-order valence-electron chi connectivity index (χ1n) is 11.8. The lowest BCUT2D eigenvalue weighted by molar-refractivity contribution is -0.123. The molecule has 3 amide bonds. The Hall–Kier alpha value is -3.32. The third kappa shape index (κ3) is 7.59. The first kappa shape index (κ1) is 27.3. The lowest BCUT2D eigenvalue weighted by Gasteiger charge is -2.29. The minimum Gasteiger partial charge on any atom is -0.378 e. The van der Waals surface area contributed by atoms with Gasteiger partial charge >= 0.3 is 6.03 Å². The number of aromatic nitrogens is 2. The number of urea groups is 1. The monoisotopic (exact) mass is 521 g/mol. The lowest BCUT2D eigenvalue weighted by atomic mass is 10.1. The molecule has 2 aromatic rings.